The van der Waals surface area contributed by atoms with Crippen LogP contribution in [0.2, 0.25) is 0 Å². The van der Waals surface area contributed by atoms with Crippen molar-refractivity contribution >= 4 is 16.0 Å². The summed E-state index contributed by atoms with van der Waals surface area (Å²) >= 11 is 0. The number of aryl methyl sites for hydroxylation is 1. The van der Waals surface area contributed by atoms with E-state index < -0.39 is 10.0 Å². The highest BCUT2D eigenvalue weighted by Gasteiger charge is 2.15. The van der Waals surface area contributed by atoms with E-state index in [-0.39, 0.29) is 11.4 Å². The van der Waals surface area contributed by atoms with Crippen molar-refractivity contribution < 1.29 is 8.42 Å². The summed E-state index contributed by atoms with van der Waals surface area (Å²) in [5, 5.41) is 6.97. The number of aromatic nitrogens is 5. The molecule has 2 N–H and O–H groups in total. The highest BCUT2D eigenvalue weighted by molar-refractivity contribution is 7.89. The first-order valence-corrected chi connectivity index (χ1v) is 7.89. The summed E-state index contributed by atoms with van der Waals surface area (Å²) in [4.78, 5) is 11.9. The molecule has 0 saturated heterocycles. The maximum atomic E-state index is 12.0. The standard InChI is InChI=1S/C11H17N7O2S/c1-3-12-11-13-6-9(7-14-11)21(19,20)16-5-4-10-15-8-18(2)17-10/h6-8,16H,3-5H2,1-2H3,(H,12,13,14). The molecule has 21 heavy (non-hydrogen) atoms. The molecule has 0 saturated carbocycles. The molecule has 2 aromatic heterocycles. The Morgan fingerprint density at radius 3 is 2.52 bits per heavy atom. The van der Waals surface area contributed by atoms with Gasteiger partial charge in [-0.05, 0) is 6.92 Å². The molecule has 0 aliphatic heterocycles. The van der Waals surface area contributed by atoms with Crippen LogP contribution in [-0.2, 0) is 23.5 Å². The van der Waals surface area contributed by atoms with Gasteiger partial charge in [-0.1, -0.05) is 0 Å². The topological polar surface area (TPSA) is 115 Å². The first kappa shape index (κ1) is 15.3. The normalized spacial score (nSPS) is 11.5. The van der Waals surface area contributed by atoms with Crippen LogP contribution in [0, 0.1) is 0 Å². The molecule has 114 valence electrons. The number of hydrogen-bond donors (Lipinski definition) is 2. The molecule has 2 aromatic rings. The van der Waals surface area contributed by atoms with Crippen molar-refractivity contribution in [2.24, 2.45) is 7.05 Å². The van der Waals surface area contributed by atoms with Crippen molar-refractivity contribution in [3.63, 3.8) is 0 Å². The van der Waals surface area contributed by atoms with E-state index in [0.29, 0.717) is 24.7 Å². The van der Waals surface area contributed by atoms with Gasteiger partial charge in [0, 0.05) is 26.6 Å². The number of nitrogens with one attached hydrogen (secondary N) is 2. The molecule has 2 heterocycles. The molecule has 2 rings (SSSR count). The van der Waals surface area contributed by atoms with Crippen LogP contribution in [0.3, 0.4) is 0 Å². The summed E-state index contributed by atoms with van der Waals surface area (Å²) in [5.41, 5.74) is 0. The van der Waals surface area contributed by atoms with Gasteiger partial charge in [0.1, 0.15) is 11.2 Å². The lowest BCUT2D eigenvalue weighted by molar-refractivity contribution is 0.579. The Morgan fingerprint density at radius 2 is 1.95 bits per heavy atom. The molecule has 9 nitrogen and oxygen atoms in total. The second kappa shape index (κ2) is 6.59. The van der Waals surface area contributed by atoms with Crippen molar-refractivity contribution in [1.82, 2.24) is 29.5 Å². The van der Waals surface area contributed by atoms with Crippen molar-refractivity contribution in [3.8, 4) is 0 Å². The Labute approximate surface area is 122 Å². The fraction of sp³-hybridized carbons (Fsp3) is 0.455. The summed E-state index contributed by atoms with van der Waals surface area (Å²) in [6, 6.07) is 0. The lowest BCUT2D eigenvalue weighted by Crippen LogP contribution is -2.26. The van der Waals surface area contributed by atoms with Crippen molar-refractivity contribution in [2.45, 2.75) is 18.2 Å². The number of sulfonamides is 1. The zero-order chi connectivity index (χ0) is 15.3. The zero-order valence-corrected chi connectivity index (χ0v) is 12.6. The SMILES string of the molecule is CCNc1ncc(S(=O)(=O)NCCc2ncn(C)n2)cn1. The van der Waals surface area contributed by atoms with Gasteiger partial charge in [-0.25, -0.2) is 28.1 Å². The molecule has 0 spiro atoms. The molecule has 10 heteroatoms. The highest BCUT2D eigenvalue weighted by atomic mass is 32.2. The van der Waals surface area contributed by atoms with Gasteiger partial charge in [0.05, 0.1) is 12.4 Å². The first-order chi connectivity index (χ1) is 10.0. The van der Waals surface area contributed by atoms with Crippen molar-refractivity contribution in [1.29, 1.82) is 0 Å². The van der Waals surface area contributed by atoms with E-state index in [0.717, 1.165) is 0 Å². The van der Waals surface area contributed by atoms with Gasteiger partial charge in [-0.3, -0.25) is 4.68 Å². The van der Waals surface area contributed by atoms with Gasteiger partial charge < -0.3 is 5.32 Å². The maximum Gasteiger partial charge on any atom is 0.243 e. The van der Waals surface area contributed by atoms with E-state index in [1.807, 2.05) is 6.92 Å². The molecular formula is C11H17N7O2S. The average molecular weight is 311 g/mol. The number of rotatable bonds is 7. The average Bonchev–Trinajstić information content (AvgIpc) is 2.85. The summed E-state index contributed by atoms with van der Waals surface area (Å²) in [7, 11) is -1.87. The van der Waals surface area contributed by atoms with Crippen molar-refractivity contribution in [3.05, 3.63) is 24.5 Å². The quantitative estimate of drug-likeness (QED) is 0.712. The van der Waals surface area contributed by atoms with Crippen LogP contribution in [-0.4, -0.2) is 46.2 Å². The van der Waals surface area contributed by atoms with Crippen LogP contribution in [0.4, 0.5) is 5.95 Å². The number of hydrogen-bond acceptors (Lipinski definition) is 7. The molecule has 0 fully saturated rings. The molecule has 0 aliphatic rings. The summed E-state index contributed by atoms with van der Waals surface area (Å²) in [6.07, 6.45) is 4.52. The minimum absolute atomic E-state index is 0.0260. The van der Waals surface area contributed by atoms with E-state index in [2.05, 4.69) is 30.1 Å². The van der Waals surface area contributed by atoms with E-state index in [9.17, 15) is 8.42 Å². The third-order valence-electron chi connectivity index (χ3n) is 2.56. The molecular weight excluding hydrogens is 294 g/mol. The Morgan fingerprint density at radius 1 is 1.24 bits per heavy atom. The van der Waals surface area contributed by atoms with E-state index >= 15 is 0 Å². The third kappa shape index (κ3) is 4.20. The van der Waals surface area contributed by atoms with Gasteiger partial charge in [0.25, 0.3) is 0 Å². The van der Waals surface area contributed by atoms with Crippen LogP contribution < -0.4 is 10.0 Å². The molecule has 0 atom stereocenters. The summed E-state index contributed by atoms with van der Waals surface area (Å²) in [5.74, 6) is 0.980. The summed E-state index contributed by atoms with van der Waals surface area (Å²) < 4.78 is 28.1. The predicted octanol–water partition coefficient (Wildman–Crippen LogP) is -0.442. The zero-order valence-electron chi connectivity index (χ0n) is 11.8. The largest absolute Gasteiger partial charge is 0.355 e. The molecule has 0 amide bonds. The summed E-state index contributed by atoms with van der Waals surface area (Å²) in [6.45, 7) is 2.78. The molecule has 0 unspecified atom stereocenters. The second-order valence-corrected chi connectivity index (χ2v) is 6.02. The van der Waals surface area contributed by atoms with Crippen LogP contribution >= 0.6 is 0 Å². The lowest BCUT2D eigenvalue weighted by Gasteiger charge is -2.06. The van der Waals surface area contributed by atoms with Crippen LogP contribution in [0.15, 0.2) is 23.6 Å². The van der Waals surface area contributed by atoms with Crippen LogP contribution in [0.1, 0.15) is 12.7 Å². The smallest absolute Gasteiger partial charge is 0.243 e. The maximum absolute atomic E-state index is 12.0. The van der Waals surface area contributed by atoms with Gasteiger partial charge in [0.2, 0.25) is 16.0 Å². The number of nitrogens with zero attached hydrogens (tertiary/aromatic N) is 5. The Kier molecular flexibility index (Phi) is 4.81. The minimum Gasteiger partial charge on any atom is -0.355 e. The van der Waals surface area contributed by atoms with Crippen molar-refractivity contribution in [2.75, 3.05) is 18.4 Å². The highest BCUT2D eigenvalue weighted by Crippen LogP contribution is 2.07. The van der Waals surface area contributed by atoms with E-state index in [1.54, 1.807) is 18.1 Å². The molecule has 0 radical (unpaired) electrons. The van der Waals surface area contributed by atoms with Gasteiger partial charge >= 0.3 is 0 Å². The Bertz CT molecular complexity index is 681. The molecule has 0 aromatic carbocycles. The monoisotopic (exact) mass is 311 g/mol. The third-order valence-corrected chi connectivity index (χ3v) is 3.98. The van der Waals surface area contributed by atoms with Crippen LogP contribution in [0.25, 0.3) is 0 Å². The number of anilines is 1. The first-order valence-electron chi connectivity index (χ1n) is 6.41. The van der Waals surface area contributed by atoms with Gasteiger partial charge in [-0.15, -0.1) is 0 Å². The van der Waals surface area contributed by atoms with E-state index in [1.165, 1.54) is 12.4 Å². The fourth-order valence-electron chi connectivity index (χ4n) is 1.58. The van der Waals surface area contributed by atoms with E-state index in [4.69, 9.17) is 0 Å². The predicted molar refractivity (Wildman–Crippen MR) is 76.1 cm³/mol. The van der Waals surface area contributed by atoms with Crippen LogP contribution in [0.5, 0.6) is 0 Å². The second-order valence-electron chi connectivity index (χ2n) is 4.25. The Balaban J connectivity index is 1.94. The Hall–Kier alpha value is -2.07. The minimum atomic E-state index is -3.62. The fourth-order valence-corrected chi connectivity index (χ4v) is 2.50. The molecule has 0 aliphatic carbocycles. The van der Waals surface area contributed by atoms with Gasteiger partial charge in [0.15, 0.2) is 5.82 Å². The lowest BCUT2D eigenvalue weighted by atomic mass is 10.4. The van der Waals surface area contributed by atoms with Gasteiger partial charge in [-0.2, -0.15) is 5.10 Å². The molecule has 0 bridgehead atoms.